The molecule has 3 aliphatic carbocycles. The number of esters is 1. The minimum absolute atomic E-state index is 0.144. The molecule has 4 atom stereocenters. The smallest absolute Gasteiger partial charge is 0.338 e. The van der Waals surface area contributed by atoms with Crippen LogP contribution in [0.5, 0.6) is 0 Å². The topological polar surface area (TPSA) is 26.3 Å². The molecule has 0 amide bonds. The number of carbonyl (C=O) groups is 1. The quantitative estimate of drug-likeness (QED) is 0.743. The van der Waals surface area contributed by atoms with Crippen molar-refractivity contribution in [3.05, 3.63) is 35.9 Å². The molecule has 1 aromatic carbocycles. The molecule has 3 aliphatic rings. The second-order valence-electron chi connectivity index (χ2n) is 6.24. The van der Waals surface area contributed by atoms with Gasteiger partial charge in [-0.2, -0.15) is 0 Å². The molecule has 1 spiro atoms. The molecule has 4 rings (SSSR count). The molecule has 2 heteroatoms. The average molecular weight is 242 g/mol. The van der Waals surface area contributed by atoms with E-state index in [-0.39, 0.29) is 12.1 Å². The van der Waals surface area contributed by atoms with Crippen LogP contribution in [-0.2, 0) is 4.74 Å². The summed E-state index contributed by atoms with van der Waals surface area (Å²) in [6.07, 6.45) is 6.59. The van der Waals surface area contributed by atoms with E-state index >= 15 is 0 Å². The van der Waals surface area contributed by atoms with Gasteiger partial charge in [-0.1, -0.05) is 18.2 Å². The third-order valence-electron chi connectivity index (χ3n) is 5.39. The van der Waals surface area contributed by atoms with Gasteiger partial charge in [-0.3, -0.25) is 0 Å². The minimum Gasteiger partial charge on any atom is -0.459 e. The first-order valence-corrected chi connectivity index (χ1v) is 7.04. The fourth-order valence-electron chi connectivity index (χ4n) is 4.46. The van der Waals surface area contributed by atoms with Gasteiger partial charge in [0.25, 0.3) is 0 Å². The Morgan fingerprint density at radius 3 is 2.61 bits per heavy atom. The molecule has 3 fully saturated rings. The van der Waals surface area contributed by atoms with Gasteiger partial charge in [0.1, 0.15) is 6.10 Å². The second-order valence-corrected chi connectivity index (χ2v) is 6.24. The molecule has 3 saturated carbocycles. The lowest BCUT2D eigenvalue weighted by molar-refractivity contribution is 0.0297. The van der Waals surface area contributed by atoms with Crippen LogP contribution in [0.25, 0.3) is 0 Å². The van der Waals surface area contributed by atoms with Crippen molar-refractivity contribution in [2.24, 2.45) is 17.3 Å². The van der Waals surface area contributed by atoms with Crippen LogP contribution in [0.2, 0.25) is 0 Å². The average Bonchev–Trinajstić information content (AvgIpc) is 2.80. The summed E-state index contributed by atoms with van der Waals surface area (Å²) in [5, 5.41) is 0. The van der Waals surface area contributed by atoms with E-state index in [1.807, 2.05) is 30.3 Å². The zero-order chi connectivity index (χ0) is 12.2. The van der Waals surface area contributed by atoms with Gasteiger partial charge in [-0.05, 0) is 61.5 Å². The third-order valence-corrected chi connectivity index (χ3v) is 5.39. The Labute approximate surface area is 107 Å². The lowest BCUT2D eigenvalue weighted by Crippen LogP contribution is -2.16. The van der Waals surface area contributed by atoms with Gasteiger partial charge in [0.05, 0.1) is 5.56 Å². The second kappa shape index (κ2) is 3.59. The molecular weight excluding hydrogens is 224 g/mol. The molecule has 0 radical (unpaired) electrons. The number of hydrogen-bond acceptors (Lipinski definition) is 2. The first-order chi connectivity index (χ1) is 8.78. The van der Waals surface area contributed by atoms with Crippen LogP contribution in [0.15, 0.2) is 30.3 Å². The van der Waals surface area contributed by atoms with E-state index < -0.39 is 0 Å². The fraction of sp³-hybridized carbons (Fsp3) is 0.562. The molecule has 0 saturated heterocycles. The molecule has 1 aromatic rings. The van der Waals surface area contributed by atoms with Crippen molar-refractivity contribution in [3.8, 4) is 0 Å². The van der Waals surface area contributed by atoms with Gasteiger partial charge in [0.15, 0.2) is 0 Å². The molecule has 0 heterocycles. The van der Waals surface area contributed by atoms with Gasteiger partial charge in [0.2, 0.25) is 0 Å². The maximum absolute atomic E-state index is 12.0. The maximum Gasteiger partial charge on any atom is 0.338 e. The molecule has 0 aromatic heterocycles. The predicted octanol–water partition coefficient (Wildman–Crippen LogP) is 3.42. The lowest BCUT2D eigenvalue weighted by atomic mass is 9.95. The molecule has 94 valence electrons. The van der Waals surface area contributed by atoms with Crippen molar-refractivity contribution in [1.82, 2.24) is 0 Å². The van der Waals surface area contributed by atoms with Crippen molar-refractivity contribution in [3.63, 3.8) is 0 Å². The van der Waals surface area contributed by atoms with Crippen molar-refractivity contribution < 1.29 is 9.53 Å². The van der Waals surface area contributed by atoms with E-state index in [0.717, 1.165) is 24.7 Å². The highest BCUT2D eigenvalue weighted by atomic mass is 16.5. The van der Waals surface area contributed by atoms with Gasteiger partial charge >= 0.3 is 5.97 Å². The Bertz CT molecular complexity index is 481. The van der Waals surface area contributed by atoms with Crippen molar-refractivity contribution >= 4 is 5.97 Å². The summed E-state index contributed by atoms with van der Waals surface area (Å²) in [5.74, 6) is 1.66. The maximum atomic E-state index is 12.0. The molecule has 0 N–H and O–H groups in total. The van der Waals surface area contributed by atoms with Gasteiger partial charge < -0.3 is 4.74 Å². The molecule has 0 aliphatic heterocycles. The van der Waals surface area contributed by atoms with Crippen LogP contribution in [-0.4, -0.2) is 12.1 Å². The first-order valence-electron chi connectivity index (χ1n) is 7.04. The summed E-state index contributed by atoms with van der Waals surface area (Å²) in [5.41, 5.74) is 1.28. The van der Waals surface area contributed by atoms with E-state index in [0.29, 0.717) is 11.0 Å². The van der Waals surface area contributed by atoms with Gasteiger partial charge in [0, 0.05) is 0 Å². The molecule has 0 bridgehead atoms. The summed E-state index contributed by atoms with van der Waals surface area (Å²) in [7, 11) is 0. The lowest BCUT2D eigenvalue weighted by Gasteiger charge is -2.12. The Kier molecular flexibility index (Phi) is 2.12. The number of carbonyl (C=O) groups excluding carboxylic acids is 1. The van der Waals surface area contributed by atoms with Crippen molar-refractivity contribution in [2.75, 3.05) is 0 Å². The monoisotopic (exact) mass is 242 g/mol. The highest BCUT2D eigenvalue weighted by Crippen LogP contribution is 2.73. The zero-order valence-electron chi connectivity index (χ0n) is 10.5. The van der Waals surface area contributed by atoms with Crippen LogP contribution in [0, 0.1) is 17.3 Å². The van der Waals surface area contributed by atoms with Crippen molar-refractivity contribution in [2.45, 2.75) is 38.2 Å². The standard InChI is InChI=1S/C16H18O2/c17-15(11-4-2-1-3-5-11)18-14-8-12-6-7-13-9-16(12,13)10-14/h1-5,12-14H,6-10H2/t12?,13-,14+,16?/m0/s1. The Hall–Kier alpha value is -1.31. The van der Waals surface area contributed by atoms with Crippen LogP contribution < -0.4 is 0 Å². The van der Waals surface area contributed by atoms with Crippen LogP contribution in [0.3, 0.4) is 0 Å². The van der Waals surface area contributed by atoms with Gasteiger partial charge in [-0.25, -0.2) is 4.79 Å². The largest absolute Gasteiger partial charge is 0.459 e. The molecule has 18 heavy (non-hydrogen) atoms. The summed E-state index contributed by atoms with van der Waals surface area (Å²) in [4.78, 5) is 12.0. The summed E-state index contributed by atoms with van der Waals surface area (Å²) in [6.45, 7) is 0. The van der Waals surface area contributed by atoms with E-state index in [9.17, 15) is 4.79 Å². The number of ether oxygens (including phenoxy) is 1. The predicted molar refractivity (Wildman–Crippen MR) is 68.1 cm³/mol. The highest BCUT2D eigenvalue weighted by Gasteiger charge is 2.66. The van der Waals surface area contributed by atoms with Crippen molar-refractivity contribution in [1.29, 1.82) is 0 Å². The Balaban J connectivity index is 1.43. The summed E-state index contributed by atoms with van der Waals surface area (Å²) >= 11 is 0. The Morgan fingerprint density at radius 1 is 1.11 bits per heavy atom. The summed E-state index contributed by atoms with van der Waals surface area (Å²) in [6, 6.07) is 9.35. The zero-order valence-corrected chi connectivity index (χ0v) is 10.5. The number of benzene rings is 1. The van der Waals surface area contributed by atoms with Crippen LogP contribution in [0.4, 0.5) is 0 Å². The van der Waals surface area contributed by atoms with Gasteiger partial charge in [-0.15, -0.1) is 0 Å². The van der Waals surface area contributed by atoms with Crippen LogP contribution in [0.1, 0.15) is 42.5 Å². The highest BCUT2D eigenvalue weighted by molar-refractivity contribution is 5.89. The molecule has 2 nitrogen and oxygen atoms in total. The normalized spacial score (nSPS) is 40.1. The Morgan fingerprint density at radius 2 is 1.89 bits per heavy atom. The fourth-order valence-corrected chi connectivity index (χ4v) is 4.46. The van der Waals surface area contributed by atoms with E-state index in [2.05, 4.69) is 0 Å². The minimum atomic E-state index is -0.144. The SMILES string of the molecule is O=C(O[C@@H]1CC2CC[C@H]3CC23C1)c1ccccc1. The number of rotatable bonds is 2. The first kappa shape index (κ1) is 10.6. The van der Waals surface area contributed by atoms with Crippen LogP contribution >= 0.6 is 0 Å². The van der Waals surface area contributed by atoms with E-state index in [1.165, 1.54) is 19.3 Å². The van der Waals surface area contributed by atoms with E-state index in [1.54, 1.807) is 0 Å². The molecule has 2 unspecified atom stereocenters. The summed E-state index contributed by atoms with van der Waals surface area (Å²) < 4.78 is 5.69. The van der Waals surface area contributed by atoms with E-state index in [4.69, 9.17) is 4.74 Å². The third kappa shape index (κ3) is 1.44. The number of hydrogen-bond donors (Lipinski definition) is 0. The molecular formula is C16H18O2.